The van der Waals surface area contributed by atoms with E-state index < -0.39 is 36.5 Å². The van der Waals surface area contributed by atoms with Crippen LogP contribution < -0.4 is 15.5 Å². The number of anilines is 1. The lowest BCUT2D eigenvalue weighted by Crippen LogP contribution is -2.63. The topological polar surface area (TPSA) is 133 Å². The van der Waals surface area contributed by atoms with Gasteiger partial charge in [-0.3, -0.25) is 20.2 Å². The second-order valence-corrected chi connectivity index (χ2v) is 13.1. The lowest BCUT2D eigenvalue weighted by molar-refractivity contribution is -0.127. The van der Waals surface area contributed by atoms with Crippen molar-refractivity contribution < 1.29 is 19.2 Å². The molecule has 0 saturated carbocycles. The SMILES string of the molecule is Cc1ccc(N(CCCCCN2C(Br)=NC3C2C(=O)NC(=O)N3C)CCCCCN2C(Br)=NC3C2C(=O)NC(=O)N3C)cc1. The summed E-state index contributed by atoms with van der Waals surface area (Å²) in [6.07, 6.45) is 4.73. The summed E-state index contributed by atoms with van der Waals surface area (Å²) in [6.45, 7) is 5.26. The highest BCUT2D eigenvalue weighted by Gasteiger charge is 2.48. The molecule has 0 spiro atoms. The van der Waals surface area contributed by atoms with E-state index in [2.05, 4.69) is 88.6 Å². The summed E-state index contributed by atoms with van der Waals surface area (Å²) in [5.41, 5.74) is 2.42. The zero-order chi connectivity index (χ0) is 31.5. The number of hydrogen-bond acceptors (Lipinski definition) is 9. The summed E-state index contributed by atoms with van der Waals surface area (Å²) in [5.74, 6) is -0.619. The summed E-state index contributed by atoms with van der Waals surface area (Å²) in [7, 11) is 3.30. The molecule has 0 aliphatic carbocycles. The Kier molecular flexibility index (Phi) is 10.1. The number of benzene rings is 1. The Labute approximate surface area is 274 Å². The molecule has 1 aromatic rings. The van der Waals surface area contributed by atoms with Crippen LogP contribution >= 0.6 is 31.9 Å². The molecule has 4 aliphatic rings. The molecule has 4 atom stereocenters. The largest absolute Gasteiger partial charge is 0.372 e. The predicted octanol–water partition coefficient (Wildman–Crippen LogP) is 3.03. The van der Waals surface area contributed by atoms with E-state index in [1.807, 2.05) is 9.80 Å². The van der Waals surface area contributed by atoms with E-state index in [0.717, 1.165) is 51.6 Å². The van der Waals surface area contributed by atoms with Gasteiger partial charge in [-0.2, -0.15) is 0 Å². The third-order valence-electron chi connectivity index (χ3n) is 8.67. The zero-order valence-corrected chi connectivity index (χ0v) is 28.4. The van der Waals surface area contributed by atoms with Gasteiger partial charge >= 0.3 is 12.1 Å². The highest BCUT2D eigenvalue weighted by atomic mass is 79.9. The van der Waals surface area contributed by atoms with E-state index in [0.29, 0.717) is 22.6 Å². The highest BCUT2D eigenvalue weighted by Crippen LogP contribution is 2.28. The third kappa shape index (κ3) is 6.72. The van der Waals surface area contributed by atoms with E-state index in [4.69, 9.17) is 0 Å². The number of hydrogen-bond donors (Lipinski definition) is 2. The Morgan fingerprint density at radius 2 is 1.14 bits per heavy atom. The van der Waals surface area contributed by atoms with Crippen LogP contribution in [0.1, 0.15) is 44.1 Å². The quantitative estimate of drug-likeness (QED) is 0.235. The summed E-state index contributed by atoms with van der Waals surface area (Å²) in [6, 6.07) is 6.75. The normalized spacial score (nSPS) is 24.7. The van der Waals surface area contributed by atoms with Crippen molar-refractivity contribution in [2.75, 3.05) is 45.2 Å². The molecule has 5 rings (SSSR count). The molecule has 4 aliphatic heterocycles. The first-order valence-electron chi connectivity index (χ1n) is 15.0. The molecule has 2 saturated heterocycles. The van der Waals surface area contributed by atoms with E-state index in [1.165, 1.54) is 21.1 Å². The van der Waals surface area contributed by atoms with Crippen molar-refractivity contribution in [3.05, 3.63) is 29.8 Å². The standard InChI is InChI=1S/C29H39Br2N9O4/c1-18-10-12-19(13-11-18)38(14-6-4-8-16-39-20-22(32-26(39)30)36(2)28(43)34-24(20)41)15-7-5-9-17-40-21-23(33-27(40)31)37(3)29(44)35-25(21)42/h10-13,20-23H,4-9,14-17H2,1-3H3,(H,34,41,43)(H,35,42,44). The number of nitrogens with one attached hydrogen (secondary N) is 2. The number of fused-ring (bicyclic) bond motifs is 2. The van der Waals surface area contributed by atoms with Crippen LogP contribution in [0.5, 0.6) is 0 Å². The van der Waals surface area contributed by atoms with Gasteiger partial charge in [0.15, 0.2) is 33.9 Å². The maximum Gasteiger partial charge on any atom is 0.325 e. The number of nitrogens with zero attached hydrogens (tertiary/aromatic N) is 7. The van der Waals surface area contributed by atoms with Crippen molar-refractivity contribution in [1.29, 1.82) is 0 Å². The smallest absolute Gasteiger partial charge is 0.325 e. The van der Waals surface area contributed by atoms with Gasteiger partial charge in [0, 0.05) is 46.0 Å². The monoisotopic (exact) mass is 735 g/mol. The molecule has 1 aromatic carbocycles. The second-order valence-electron chi connectivity index (χ2n) is 11.7. The lowest BCUT2D eigenvalue weighted by atomic mass is 10.1. The summed E-state index contributed by atoms with van der Waals surface area (Å²) in [5, 5.41) is 4.83. The summed E-state index contributed by atoms with van der Waals surface area (Å²) >= 11 is 6.98. The molecule has 4 heterocycles. The molecule has 0 aromatic heterocycles. The molecule has 44 heavy (non-hydrogen) atoms. The molecule has 0 bridgehead atoms. The Balaban J connectivity index is 1.08. The van der Waals surface area contributed by atoms with E-state index in [-0.39, 0.29) is 11.8 Å². The van der Waals surface area contributed by atoms with Gasteiger partial charge in [0.05, 0.1) is 0 Å². The number of rotatable bonds is 13. The van der Waals surface area contributed by atoms with Crippen LogP contribution in [0.3, 0.4) is 0 Å². The summed E-state index contributed by atoms with van der Waals surface area (Å²) in [4.78, 5) is 67.3. The molecule has 4 unspecified atom stereocenters. The predicted molar refractivity (Wildman–Crippen MR) is 175 cm³/mol. The Bertz CT molecular complexity index is 1260. The molecular formula is C29H39Br2N9O4. The lowest BCUT2D eigenvalue weighted by Gasteiger charge is -2.36. The average molecular weight is 737 g/mol. The molecule has 0 radical (unpaired) electrons. The highest BCUT2D eigenvalue weighted by molar-refractivity contribution is 9.18. The van der Waals surface area contributed by atoms with Crippen molar-refractivity contribution in [2.24, 2.45) is 9.98 Å². The van der Waals surface area contributed by atoms with E-state index >= 15 is 0 Å². The zero-order valence-electron chi connectivity index (χ0n) is 25.2. The minimum absolute atomic E-state index is 0.310. The number of amides is 6. The van der Waals surface area contributed by atoms with Crippen molar-refractivity contribution in [2.45, 2.75) is 69.9 Å². The first kappa shape index (κ1) is 32.2. The minimum Gasteiger partial charge on any atom is -0.372 e. The number of imide groups is 2. The van der Waals surface area contributed by atoms with Gasteiger partial charge < -0.3 is 24.5 Å². The molecule has 13 nitrogen and oxygen atoms in total. The van der Waals surface area contributed by atoms with Crippen LogP contribution in [0.25, 0.3) is 0 Å². The third-order valence-corrected chi connectivity index (χ3v) is 9.99. The molecule has 238 valence electrons. The fraction of sp³-hybridized carbons (Fsp3) is 0.586. The van der Waals surface area contributed by atoms with Crippen LogP contribution in [0.15, 0.2) is 34.3 Å². The summed E-state index contributed by atoms with van der Waals surface area (Å²) < 4.78 is 1.22. The molecule has 6 amide bonds. The number of aliphatic imine (C=N–C) groups is 2. The van der Waals surface area contributed by atoms with Gasteiger partial charge in [-0.15, -0.1) is 0 Å². The maximum atomic E-state index is 12.5. The van der Waals surface area contributed by atoms with Crippen molar-refractivity contribution in [3.8, 4) is 0 Å². The Morgan fingerprint density at radius 1 is 0.705 bits per heavy atom. The number of aryl methyl sites for hydroxylation is 1. The number of carbonyl (C=O) groups is 4. The fourth-order valence-electron chi connectivity index (χ4n) is 6.10. The first-order valence-corrected chi connectivity index (χ1v) is 16.6. The minimum atomic E-state index is -0.509. The van der Waals surface area contributed by atoms with Crippen LogP contribution in [0.4, 0.5) is 15.3 Å². The molecule has 2 N–H and O–H groups in total. The fourth-order valence-corrected chi connectivity index (χ4v) is 7.31. The maximum absolute atomic E-state index is 12.5. The average Bonchev–Trinajstić information content (AvgIpc) is 3.50. The van der Waals surface area contributed by atoms with Crippen LogP contribution in [-0.4, -0.2) is 118 Å². The van der Waals surface area contributed by atoms with Crippen molar-refractivity contribution in [3.63, 3.8) is 0 Å². The van der Waals surface area contributed by atoms with Crippen molar-refractivity contribution >= 4 is 70.9 Å². The van der Waals surface area contributed by atoms with Gasteiger partial charge in [-0.25, -0.2) is 19.6 Å². The number of carbonyl (C=O) groups excluding carboxylic acids is 4. The van der Waals surface area contributed by atoms with Crippen LogP contribution in [0.2, 0.25) is 0 Å². The number of likely N-dealkylation sites (N-methyl/N-ethyl adjacent to an activating group) is 2. The van der Waals surface area contributed by atoms with Crippen LogP contribution in [-0.2, 0) is 9.59 Å². The van der Waals surface area contributed by atoms with Crippen LogP contribution in [0, 0.1) is 6.92 Å². The van der Waals surface area contributed by atoms with Gasteiger partial charge in [-0.1, -0.05) is 17.7 Å². The van der Waals surface area contributed by atoms with Gasteiger partial charge in [0.2, 0.25) is 0 Å². The Hall–Kier alpha value is -3.20. The first-order chi connectivity index (χ1) is 21.1. The second kappa shape index (κ2) is 13.8. The number of halogens is 2. The number of amidine groups is 2. The molecule has 2 fully saturated rings. The van der Waals surface area contributed by atoms with Crippen molar-refractivity contribution in [1.82, 2.24) is 30.2 Å². The van der Waals surface area contributed by atoms with E-state index in [1.54, 1.807) is 14.1 Å². The Morgan fingerprint density at radius 3 is 1.57 bits per heavy atom. The van der Waals surface area contributed by atoms with Gasteiger partial charge in [0.25, 0.3) is 11.8 Å². The number of unbranched alkanes of at least 4 members (excludes halogenated alkanes) is 4. The molecular weight excluding hydrogens is 698 g/mol. The molecule has 15 heteroatoms. The van der Waals surface area contributed by atoms with Gasteiger partial charge in [0.1, 0.15) is 0 Å². The van der Waals surface area contributed by atoms with E-state index in [9.17, 15) is 19.2 Å². The number of urea groups is 2. The van der Waals surface area contributed by atoms with Gasteiger partial charge in [-0.05, 0) is 89.4 Å².